The number of hydrogen-bond donors (Lipinski definition) is 1. The summed E-state index contributed by atoms with van der Waals surface area (Å²) in [5, 5.41) is 9.67. The Morgan fingerprint density at radius 2 is 1.62 bits per heavy atom. The third kappa shape index (κ3) is 5.74. The van der Waals surface area contributed by atoms with Crippen molar-refractivity contribution in [1.29, 1.82) is 0 Å². The van der Waals surface area contributed by atoms with Crippen molar-refractivity contribution in [3.8, 4) is 5.88 Å². The zero-order valence-electron chi connectivity index (χ0n) is 11.1. The molecule has 0 radical (unpaired) electrons. The van der Waals surface area contributed by atoms with E-state index < -0.39 is 24.3 Å². The number of nitrogens with one attached hydrogen (secondary N) is 1. The number of alkyl halides is 6. The number of hydrogen-bond acceptors (Lipinski definition) is 4. The maximum absolute atomic E-state index is 12.3. The fourth-order valence-corrected chi connectivity index (χ4v) is 1.25. The van der Waals surface area contributed by atoms with E-state index in [1.165, 1.54) is 6.07 Å². The maximum atomic E-state index is 12.3. The summed E-state index contributed by atoms with van der Waals surface area (Å²) in [7, 11) is 0. The van der Waals surface area contributed by atoms with E-state index in [9.17, 15) is 26.3 Å². The van der Waals surface area contributed by atoms with Gasteiger partial charge in [-0.1, -0.05) is 13.8 Å². The first kappa shape index (κ1) is 17.5. The monoisotopic (exact) mass is 317 g/mol. The molecule has 0 amide bonds. The molecule has 1 aromatic rings. The molecule has 0 spiro atoms. The molecule has 0 saturated carbocycles. The second-order valence-corrected chi connectivity index (χ2v) is 4.48. The van der Waals surface area contributed by atoms with Gasteiger partial charge in [-0.3, -0.25) is 0 Å². The molecule has 0 saturated heterocycles. The summed E-state index contributed by atoms with van der Waals surface area (Å²) in [6, 6.07) is 2.29. The molecule has 0 aliphatic carbocycles. The predicted octanol–water partition coefficient (Wildman–Crippen LogP) is 2.85. The zero-order valence-corrected chi connectivity index (χ0v) is 11.1. The summed E-state index contributed by atoms with van der Waals surface area (Å²) >= 11 is 0. The lowest BCUT2D eigenvalue weighted by Crippen LogP contribution is -2.46. The zero-order chi connectivity index (χ0) is 16.3. The van der Waals surface area contributed by atoms with Crippen LogP contribution in [0.1, 0.15) is 19.5 Å². The van der Waals surface area contributed by atoms with E-state index in [4.69, 9.17) is 0 Å². The third-order valence-electron chi connectivity index (χ3n) is 2.22. The highest BCUT2D eigenvalue weighted by molar-refractivity contribution is 5.12. The van der Waals surface area contributed by atoms with Crippen molar-refractivity contribution in [2.24, 2.45) is 0 Å². The molecular weight excluding hydrogens is 304 g/mol. The van der Waals surface area contributed by atoms with Crippen LogP contribution in [0, 0.1) is 0 Å². The molecule has 1 rings (SSSR count). The Bertz CT molecular complexity index is 429. The summed E-state index contributed by atoms with van der Waals surface area (Å²) in [5.74, 6) is -0.844. The van der Waals surface area contributed by atoms with E-state index in [1.807, 2.05) is 13.8 Å². The Morgan fingerprint density at radius 1 is 1.05 bits per heavy atom. The number of rotatable bonds is 5. The average molecular weight is 317 g/mol. The van der Waals surface area contributed by atoms with Gasteiger partial charge in [-0.25, -0.2) is 0 Å². The molecule has 1 N–H and O–H groups in total. The van der Waals surface area contributed by atoms with Crippen LogP contribution in [0.3, 0.4) is 0 Å². The minimum Gasteiger partial charge on any atom is -0.454 e. The summed E-state index contributed by atoms with van der Waals surface area (Å²) in [4.78, 5) is 0. The molecule has 120 valence electrons. The SMILES string of the molecule is CC(C)NCc1ccc(OC(C(F)(F)F)C(F)(F)F)nn1. The molecule has 21 heavy (non-hydrogen) atoms. The van der Waals surface area contributed by atoms with Crippen LogP contribution in [0.15, 0.2) is 12.1 Å². The maximum Gasteiger partial charge on any atom is 0.434 e. The summed E-state index contributed by atoms with van der Waals surface area (Å²) < 4.78 is 77.6. The van der Waals surface area contributed by atoms with Crippen LogP contribution in [-0.2, 0) is 6.54 Å². The van der Waals surface area contributed by atoms with E-state index in [0.29, 0.717) is 5.69 Å². The highest BCUT2D eigenvalue weighted by Crippen LogP contribution is 2.35. The van der Waals surface area contributed by atoms with Gasteiger partial charge in [0, 0.05) is 18.7 Å². The topological polar surface area (TPSA) is 47.0 Å². The quantitative estimate of drug-likeness (QED) is 0.848. The normalized spacial score (nSPS) is 13.0. The molecule has 0 fully saturated rings. The first-order valence-electron chi connectivity index (χ1n) is 5.86. The molecule has 0 aliphatic rings. The van der Waals surface area contributed by atoms with E-state index in [2.05, 4.69) is 20.3 Å². The van der Waals surface area contributed by atoms with E-state index in [-0.39, 0.29) is 12.6 Å². The number of aromatic nitrogens is 2. The van der Waals surface area contributed by atoms with Gasteiger partial charge in [-0.15, -0.1) is 5.10 Å². The van der Waals surface area contributed by atoms with E-state index in [0.717, 1.165) is 6.07 Å². The second kappa shape index (κ2) is 6.46. The third-order valence-corrected chi connectivity index (χ3v) is 2.22. The molecule has 0 bridgehead atoms. The minimum absolute atomic E-state index is 0.141. The molecule has 10 heteroatoms. The Kier molecular flexibility index (Phi) is 5.37. The van der Waals surface area contributed by atoms with Gasteiger partial charge in [-0.2, -0.15) is 31.4 Å². The van der Waals surface area contributed by atoms with Crippen LogP contribution in [0.4, 0.5) is 26.3 Å². The van der Waals surface area contributed by atoms with Gasteiger partial charge >= 0.3 is 12.4 Å². The second-order valence-electron chi connectivity index (χ2n) is 4.48. The fourth-order valence-electron chi connectivity index (χ4n) is 1.25. The molecule has 0 unspecified atom stereocenters. The van der Waals surface area contributed by atoms with Crippen LogP contribution in [0.2, 0.25) is 0 Å². The standard InChI is InChI=1S/C11H13F6N3O/c1-6(2)18-5-7-3-4-8(20-19-7)21-9(10(12,13)14)11(15,16)17/h3-4,6,9,18H,5H2,1-2H3. The van der Waals surface area contributed by atoms with Gasteiger partial charge in [0.15, 0.2) is 0 Å². The Morgan fingerprint density at radius 3 is 2.00 bits per heavy atom. The van der Waals surface area contributed by atoms with Crippen LogP contribution in [-0.4, -0.2) is 34.7 Å². The first-order chi connectivity index (χ1) is 9.50. The largest absolute Gasteiger partial charge is 0.454 e. The fraction of sp³-hybridized carbons (Fsp3) is 0.636. The Labute approximate surface area is 116 Å². The van der Waals surface area contributed by atoms with Crippen molar-refractivity contribution in [3.63, 3.8) is 0 Å². The molecule has 0 atom stereocenters. The lowest BCUT2D eigenvalue weighted by atomic mass is 10.3. The number of ether oxygens (including phenoxy) is 1. The molecular formula is C11H13F6N3O. The minimum atomic E-state index is -5.59. The Hall–Kier alpha value is -1.58. The highest BCUT2D eigenvalue weighted by Gasteiger charge is 2.59. The summed E-state index contributed by atoms with van der Waals surface area (Å²) in [5.41, 5.74) is 0.367. The van der Waals surface area contributed by atoms with E-state index >= 15 is 0 Å². The molecule has 4 nitrogen and oxygen atoms in total. The van der Waals surface area contributed by atoms with Gasteiger partial charge in [0.05, 0.1) is 5.69 Å². The molecule has 1 aromatic heterocycles. The van der Waals surface area contributed by atoms with Crippen molar-refractivity contribution >= 4 is 0 Å². The smallest absolute Gasteiger partial charge is 0.434 e. The molecule has 0 aliphatic heterocycles. The van der Waals surface area contributed by atoms with Crippen molar-refractivity contribution in [1.82, 2.24) is 15.5 Å². The van der Waals surface area contributed by atoms with Gasteiger partial charge in [0.2, 0.25) is 5.88 Å². The average Bonchev–Trinajstić information content (AvgIpc) is 2.32. The van der Waals surface area contributed by atoms with Crippen LogP contribution >= 0.6 is 0 Å². The molecule has 0 aromatic carbocycles. The summed E-state index contributed by atoms with van der Waals surface area (Å²) in [6.45, 7) is 4.01. The van der Waals surface area contributed by atoms with Crippen LogP contribution in [0.5, 0.6) is 5.88 Å². The van der Waals surface area contributed by atoms with Gasteiger partial charge in [0.1, 0.15) is 0 Å². The predicted molar refractivity (Wildman–Crippen MR) is 60.5 cm³/mol. The highest BCUT2D eigenvalue weighted by atomic mass is 19.4. The van der Waals surface area contributed by atoms with Crippen molar-refractivity contribution in [2.45, 2.75) is 44.9 Å². The Balaban J connectivity index is 2.77. The first-order valence-corrected chi connectivity index (χ1v) is 5.86. The van der Waals surface area contributed by atoms with Crippen LogP contribution < -0.4 is 10.1 Å². The van der Waals surface area contributed by atoms with Crippen LogP contribution in [0.25, 0.3) is 0 Å². The summed E-state index contributed by atoms with van der Waals surface area (Å²) in [6.07, 6.45) is -15.1. The van der Waals surface area contributed by atoms with Gasteiger partial charge in [-0.05, 0) is 6.07 Å². The van der Waals surface area contributed by atoms with Crippen molar-refractivity contribution in [2.75, 3.05) is 0 Å². The lowest BCUT2D eigenvalue weighted by Gasteiger charge is -2.23. The number of halogens is 6. The van der Waals surface area contributed by atoms with E-state index in [1.54, 1.807) is 0 Å². The van der Waals surface area contributed by atoms with Gasteiger partial charge < -0.3 is 10.1 Å². The number of nitrogens with zero attached hydrogens (tertiary/aromatic N) is 2. The van der Waals surface area contributed by atoms with Crippen molar-refractivity contribution < 1.29 is 31.1 Å². The van der Waals surface area contributed by atoms with Gasteiger partial charge in [0.25, 0.3) is 6.10 Å². The van der Waals surface area contributed by atoms with Crippen molar-refractivity contribution in [3.05, 3.63) is 17.8 Å². The molecule has 1 heterocycles. The lowest BCUT2D eigenvalue weighted by molar-refractivity contribution is -0.300.